The summed E-state index contributed by atoms with van der Waals surface area (Å²) >= 11 is 0. The van der Waals surface area contributed by atoms with Gasteiger partial charge in [-0.3, -0.25) is 0 Å². The third-order valence-electron chi connectivity index (χ3n) is 9.01. The van der Waals surface area contributed by atoms with Crippen LogP contribution in [0.5, 0.6) is 0 Å². The van der Waals surface area contributed by atoms with E-state index >= 15 is 0 Å². The summed E-state index contributed by atoms with van der Waals surface area (Å²) in [5, 5.41) is 20.9. The maximum Gasteiger partial charge on any atom is 0.126 e. The molecule has 0 spiro atoms. The van der Waals surface area contributed by atoms with Crippen molar-refractivity contribution in [2.24, 2.45) is 0 Å². The molecular formula is C38H82Br2N2O5. The molecule has 0 aliphatic heterocycles. The second-order valence-electron chi connectivity index (χ2n) is 15.1. The third kappa shape index (κ3) is 39.3. The predicted octanol–water partition coefficient (Wildman–Crippen LogP) is 1.76. The van der Waals surface area contributed by atoms with E-state index < -0.39 is 12.2 Å². The van der Waals surface area contributed by atoms with Gasteiger partial charge in [0.15, 0.2) is 0 Å². The van der Waals surface area contributed by atoms with Crippen molar-refractivity contribution in [3.8, 4) is 0 Å². The van der Waals surface area contributed by atoms with Gasteiger partial charge in [-0.15, -0.1) is 0 Å². The molecule has 0 amide bonds. The van der Waals surface area contributed by atoms with E-state index in [1.165, 1.54) is 128 Å². The Balaban J connectivity index is -0.00000968. The summed E-state index contributed by atoms with van der Waals surface area (Å²) in [5.41, 5.74) is 0. The predicted molar refractivity (Wildman–Crippen MR) is 192 cm³/mol. The molecule has 47 heavy (non-hydrogen) atoms. The molecule has 2 unspecified atom stereocenters. The highest BCUT2D eigenvalue weighted by molar-refractivity contribution is 4.55. The molecular weight excluding hydrogens is 724 g/mol. The van der Waals surface area contributed by atoms with Crippen molar-refractivity contribution in [1.82, 2.24) is 0 Å². The number of quaternary nitrogens is 2. The van der Waals surface area contributed by atoms with E-state index in [0.29, 0.717) is 52.7 Å². The van der Waals surface area contributed by atoms with Crippen molar-refractivity contribution in [3.63, 3.8) is 0 Å². The number of rotatable bonds is 36. The molecule has 0 heterocycles. The molecule has 0 aliphatic rings. The first-order valence-electron chi connectivity index (χ1n) is 19.3. The largest absolute Gasteiger partial charge is 1.00 e. The minimum absolute atomic E-state index is 0. The van der Waals surface area contributed by atoms with Crippen LogP contribution in [-0.2, 0) is 14.2 Å². The van der Waals surface area contributed by atoms with Crippen LogP contribution < -0.4 is 34.0 Å². The smallest absolute Gasteiger partial charge is 0.126 e. The first-order valence-corrected chi connectivity index (χ1v) is 19.3. The first-order chi connectivity index (χ1) is 21.6. The summed E-state index contributed by atoms with van der Waals surface area (Å²) in [7, 11) is 8.82. The number of halogens is 2. The summed E-state index contributed by atoms with van der Waals surface area (Å²) in [6.45, 7) is 10.8. The number of hydrogen-bond donors (Lipinski definition) is 2. The molecule has 0 aromatic heterocycles. The lowest BCUT2D eigenvalue weighted by Gasteiger charge is -2.32. The van der Waals surface area contributed by atoms with E-state index in [0.717, 1.165) is 22.1 Å². The second kappa shape index (κ2) is 36.5. The van der Waals surface area contributed by atoms with Crippen LogP contribution in [0.4, 0.5) is 0 Å². The van der Waals surface area contributed by atoms with Gasteiger partial charge in [-0.05, 0) is 25.7 Å². The zero-order valence-electron chi connectivity index (χ0n) is 32.1. The van der Waals surface area contributed by atoms with Crippen molar-refractivity contribution in [2.45, 2.75) is 154 Å². The highest BCUT2D eigenvalue weighted by Gasteiger charge is 2.21. The Hall–Kier alpha value is 0.680. The molecule has 288 valence electrons. The van der Waals surface area contributed by atoms with Gasteiger partial charge in [0.25, 0.3) is 0 Å². The number of nitrogens with zero attached hydrogens (tertiary/aromatic N) is 2. The fraction of sp³-hybridized carbons (Fsp3) is 1.00. The van der Waals surface area contributed by atoms with Gasteiger partial charge in [-0.25, -0.2) is 0 Å². The van der Waals surface area contributed by atoms with Crippen LogP contribution in [0.15, 0.2) is 0 Å². The summed E-state index contributed by atoms with van der Waals surface area (Å²) in [6, 6.07) is 0. The molecule has 0 rings (SSSR count). The van der Waals surface area contributed by atoms with Crippen molar-refractivity contribution >= 4 is 0 Å². The Labute approximate surface area is 314 Å². The van der Waals surface area contributed by atoms with Gasteiger partial charge < -0.3 is 67.4 Å². The van der Waals surface area contributed by atoms with Crippen LogP contribution in [0.2, 0.25) is 0 Å². The Morgan fingerprint density at radius 2 is 0.660 bits per heavy atom. The van der Waals surface area contributed by atoms with Gasteiger partial charge in [-0.1, -0.05) is 117 Å². The number of aliphatic hydroxyl groups is 2. The van der Waals surface area contributed by atoms with Crippen molar-refractivity contribution in [1.29, 1.82) is 0 Å². The van der Waals surface area contributed by atoms with Crippen LogP contribution in [0.3, 0.4) is 0 Å². The zero-order valence-corrected chi connectivity index (χ0v) is 35.3. The second-order valence-corrected chi connectivity index (χ2v) is 15.1. The van der Waals surface area contributed by atoms with Gasteiger partial charge in [0.2, 0.25) is 0 Å². The van der Waals surface area contributed by atoms with E-state index in [1.807, 2.05) is 0 Å². The molecule has 0 fully saturated rings. The number of likely N-dealkylation sites (N-methyl/N-ethyl adjacent to an activating group) is 2. The molecule has 2 N–H and O–H groups in total. The van der Waals surface area contributed by atoms with Crippen molar-refractivity contribution < 1.29 is 67.4 Å². The summed E-state index contributed by atoms with van der Waals surface area (Å²) < 4.78 is 18.6. The van der Waals surface area contributed by atoms with E-state index in [9.17, 15) is 10.2 Å². The lowest BCUT2D eigenvalue weighted by atomic mass is 10.1. The van der Waals surface area contributed by atoms with Gasteiger partial charge in [0.05, 0.1) is 80.9 Å². The number of unbranched alkanes of at least 4 members (excludes halogenated alkanes) is 18. The molecule has 0 aromatic rings. The Bertz CT molecular complexity index is 567. The monoisotopic (exact) mass is 804 g/mol. The molecule has 0 saturated carbocycles. The van der Waals surface area contributed by atoms with E-state index in [4.69, 9.17) is 14.2 Å². The van der Waals surface area contributed by atoms with E-state index in [-0.39, 0.29) is 34.0 Å². The molecule has 2 atom stereocenters. The van der Waals surface area contributed by atoms with E-state index in [2.05, 4.69) is 42.0 Å². The summed E-state index contributed by atoms with van der Waals surface area (Å²) in [5.74, 6) is 0. The van der Waals surface area contributed by atoms with Crippen molar-refractivity contribution in [2.75, 3.05) is 94.0 Å². The first kappa shape index (κ1) is 52.0. The zero-order chi connectivity index (χ0) is 33.5. The SMILES string of the molecule is CCCCCCCCCCCC[N+](C)(C)CC(O)COCCOCCOCC(O)C[N+](C)(C)CCCCCCCCCCCC.[Br-].[Br-]. The highest BCUT2D eigenvalue weighted by atomic mass is 79.9. The number of hydrogen-bond acceptors (Lipinski definition) is 5. The molecule has 0 bridgehead atoms. The lowest BCUT2D eigenvalue weighted by molar-refractivity contribution is -0.893. The molecule has 7 nitrogen and oxygen atoms in total. The Morgan fingerprint density at radius 3 is 0.957 bits per heavy atom. The number of aliphatic hydroxyl groups excluding tert-OH is 2. The van der Waals surface area contributed by atoms with Crippen LogP contribution in [0, 0.1) is 0 Å². The molecule has 0 aliphatic carbocycles. The van der Waals surface area contributed by atoms with Crippen LogP contribution in [-0.4, -0.2) is 125 Å². The maximum absolute atomic E-state index is 10.4. The average Bonchev–Trinajstić information content (AvgIpc) is 2.97. The Morgan fingerprint density at radius 1 is 0.404 bits per heavy atom. The average molecular weight is 807 g/mol. The summed E-state index contributed by atoms with van der Waals surface area (Å²) in [4.78, 5) is 0. The maximum atomic E-state index is 10.4. The van der Waals surface area contributed by atoms with Gasteiger partial charge in [0, 0.05) is 0 Å². The van der Waals surface area contributed by atoms with Crippen LogP contribution >= 0.6 is 0 Å². The van der Waals surface area contributed by atoms with Crippen LogP contribution in [0.1, 0.15) is 142 Å². The van der Waals surface area contributed by atoms with E-state index in [1.54, 1.807) is 0 Å². The third-order valence-corrected chi connectivity index (χ3v) is 9.01. The standard InChI is InChI=1S/C38H82N2O5.2BrH/c1-7-9-11-13-15-17-19-21-23-25-27-39(3,4)33-37(41)35-44-31-29-43-30-32-45-36-38(42)34-40(5,6)28-26-24-22-20-18-16-14-12-10-8-2;;/h37-38,41-42H,7-36H2,1-6H3;2*1H/q+2;;/p-2. The highest BCUT2D eigenvalue weighted by Crippen LogP contribution is 2.13. The Kier molecular flexibility index (Phi) is 40.4. The topological polar surface area (TPSA) is 68.2 Å². The molecule has 0 aromatic carbocycles. The normalized spacial score (nSPS) is 13.3. The quantitative estimate of drug-likeness (QED) is 0.0748. The molecule has 9 heteroatoms. The van der Waals surface area contributed by atoms with Crippen molar-refractivity contribution in [3.05, 3.63) is 0 Å². The van der Waals surface area contributed by atoms with Crippen LogP contribution in [0.25, 0.3) is 0 Å². The minimum atomic E-state index is -0.458. The van der Waals surface area contributed by atoms with Gasteiger partial charge in [0.1, 0.15) is 25.3 Å². The fourth-order valence-electron chi connectivity index (χ4n) is 6.26. The van der Waals surface area contributed by atoms with Gasteiger partial charge in [-0.2, -0.15) is 0 Å². The molecule has 0 radical (unpaired) electrons. The minimum Gasteiger partial charge on any atom is -1.00 e. The summed E-state index contributed by atoms with van der Waals surface area (Å²) in [6.07, 6.45) is 26.1. The lowest BCUT2D eigenvalue weighted by Crippen LogP contribution is -3.00. The fourth-order valence-corrected chi connectivity index (χ4v) is 6.26. The molecule has 0 saturated heterocycles. The number of ether oxygens (including phenoxy) is 3. The van der Waals surface area contributed by atoms with Gasteiger partial charge >= 0.3 is 0 Å².